The number of halogens is 6. The minimum atomic E-state index is -5.12. The van der Waals surface area contributed by atoms with Gasteiger partial charge in [-0.05, 0) is 45.7 Å². The van der Waals surface area contributed by atoms with Crippen LogP contribution in [0.4, 0.5) is 26.3 Å². The van der Waals surface area contributed by atoms with Gasteiger partial charge < -0.3 is 9.47 Å². The van der Waals surface area contributed by atoms with Crippen molar-refractivity contribution in [2.45, 2.75) is 77.6 Å². The second kappa shape index (κ2) is 16.4. The van der Waals surface area contributed by atoms with Crippen LogP contribution in [0.5, 0.6) is 11.5 Å². The van der Waals surface area contributed by atoms with E-state index < -0.39 is 43.1 Å². The Kier molecular flexibility index (Phi) is 14.8. The van der Waals surface area contributed by atoms with Gasteiger partial charge in [0, 0.05) is 16.9 Å². The molecule has 0 aliphatic carbocycles. The summed E-state index contributed by atoms with van der Waals surface area (Å²) in [6.45, 7) is 4.92. The van der Waals surface area contributed by atoms with E-state index in [2.05, 4.69) is 13.8 Å². The Morgan fingerprint density at radius 2 is 1.29 bits per heavy atom. The monoisotopic (exact) mass is 558 g/mol. The third-order valence-corrected chi connectivity index (χ3v) is 6.79. The fourth-order valence-electron chi connectivity index (χ4n) is 3.70. The Bertz CT molecular complexity index is 979. The summed E-state index contributed by atoms with van der Waals surface area (Å²) in [7, 11) is -1.00. The number of hydrogen-bond acceptors (Lipinski definition) is 3. The molecule has 0 radical (unpaired) electrons. The minimum absolute atomic E-state index is 0. The van der Waals surface area contributed by atoms with Gasteiger partial charge in [-0.3, -0.25) is 4.79 Å². The number of hydrogen-bond donors (Lipinski definition) is 0. The number of benzene rings is 2. The molecule has 2 aromatic rings. The van der Waals surface area contributed by atoms with Crippen molar-refractivity contribution in [3.63, 3.8) is 0 Å². The van der Waals surface area contributed by atoms with Crippen LogP contribution in [0.25, 0.3) is 0 Å². The van der Waals surface area contributed by atoms with Gasteiger partial charge in [0.2, 0.25) is 0 Å². The van der Waals surface area contributed by atoms with Crippen LogP contribution >= 0.6 is 8.58 Å². The molecule has 0 aliphatic heterocycles. The predicted molar refractivity (Wildman–Crippen MR) is 142 cm³/mol. The molecule has 0 saturated heterocycles. The van der Waals surface area contributed by atoms with Crippen molar-refractivity contribution in [3.05, 3.63) is 53.1 Å². The third-order valence-electron chi connectivity index (χ3n) is 5.63. The molecule has 0 amide bonds. The van der Waals surface area contributed by atoms with Crippen LogP contribution in [0.3, 0.4) is 0 Å². The molecule has 208 valence electrons. The Morgan fingerprint density at radius 3 is 1.79 bits per heavy atom. The number of carbonyl (C=O) groups is 1. The second-order valence-corrected chi connectivity index (χ2v) is 9.90. The zero-order valence-corrected chi connectivity index (χ0v) is 22.0. The van der Waals surface area contributed by atoms with E-state index in [0.717, 1.165) is 51.4 Å². The molecule has 0 bridgehead atoms. The molecule has 0 saturated carbocycles. The first kappa shape index (κ1) is 34.3. The van der Waals surface area contributed by atoms with Crippen LogP contribution in [-0.4, -0.2) is 37.6 Å². The van der Waals surface area contributed by atoms with Gasteiger partial charge in [0.05, 0.1) is 24.3 Å². The van der Waals surface area contributed by atoms with E-state index in [-0.39, 0.29) is 29.9 Å². The molecule has 0 fully saturated rings. The molecule has 0 aliphatic rings. The van der Waals surface area contributed by atoms with Crippen LogP contribution in [0.2, 0.25) is 0 Å². The molecule has 1 unspecified atom stereocenters. The van der Waals surface area contributed by atoms with Crippen molar-refractivity contribution >= 4 is 38.3 Å². The number of rotatable bonds is 15. The summed E-state index contributed by atoms with van der Waals surface area (Å²) in [5, 5.41) is 0.226. The molecule has 0 aromatic heterocycles. The SMILES string of the molecule is CCCCCCOc1ccc(PC(=O)c2c(C(F)(F)F)cccc2C(F)(F)F)c(OCCCCCC)c1.[LiH]. The summed E-state index contributed by atoms with van der Waals surface area (Å²) in [6.07, 6.45) is -2.58. The fourth-order valence-corrected chi connectivity index (χ4v) is 4.77. The summed E-state index contributed by atoms with van der Waals surface area (Å²) in [5.74, 6) is 0.694. The average Bonchev–Trinajstić information content (AvgIpc) is 2.83. The van der Waals surface area contributed by atoms with Crippen LogP contribution in [0, 0.1) is 0 Å². The number of carbonyl (C=O) groups excluding carboxylic acids is 1. The maximum absolute atomic E-state index is 13.6. The molecule has 2 aromatic carbocycles. The van der Waals surface area contributed by atoms with Crippen molar-refractivity contribution in [1.29, 1.82) is 0 Å². The van der Waals surface area contributed by atoms with Gasteiger partial charge in [0.1, 0.15) is 11.5 Å². The van der Waals surface area contributed by atoms with Gasteiger partial charge in [-0.25, -0.2) is 0 Å². The topological polar surface area (TPSA) is 35.5 Å². The standard InChI is InChI=1S/C27H33F6O3P.Li.H/c1-3-5-7-9-16-35-19-14-15-23(22(18-19)36-17-10-8-6-4-2)37-25(34)24-20(26(28,29)30)12-11-13-21(24)27(31,32)33;;/h11-15,18,37H,3-10,16-17H2,1-2H3;;. The molecular weight excluding hydrogens is 524 g/mol. The Balaban J connectivity index is 0.00000722. The Morgan fingerprint density at radius 1 is 0.763 bits per heavy atom. The first-order valence-corrected chi connectivity index (χ1v) is 13.5. The van der Waals surface area contributed by atoms with E-state index >= 15 is 0 Å². The van der Waals surface area contributed by atoms with Crippen LogP contribution in [0.15, 0.2) is 36.4 Å². The molecule has 0 N–H and O–H groups in total. The van der Waals surface area contributed by atoms with Crippen molar-refractivity contribution < 1.29 is 40.6 Å². The molecule has 11 heteroatoms. The van der Waals surface area contributed by atoms with E-state index in [1.807, 2.05) is 0 Å². The predicted octanol–water partition coefficient (Wildman–Crippen LogP) is 8.14. The van der Waals surface area contributed by atoms with Crippen LogP contribution < -0.4 is 14.8 Å². The first-order chi connectivity index (χ1) is 17.5. The van der Waals surface area contributed by atoms with E-state index in [1.165, 1.54) is 6.07 Å². The summed E-state index contributed by atoms with van der Waals surface area (Å²) >= 11 is 0. The van der Waals surface area contributed by atoms with Gasteiger partial charge in [0.25, 0.3) is 0 Å². The molecule has 1 atom stereocenters. The van der Waals surface area contributed by atoms with E-state index in [9.17, 15) is 31.1 Å². The molecule has 2 rings (SSSR count). The van der Waals surface area contributed by atoms with Gasteiger partial charge in [-0.2, -0.15) is 26.3 Å². The molecule has 0 heterocycles. The van der Waals surface area contributed by atoms with Gasteiger partial charge in [-0.1, -0.05) is 58.4 Å². The van der Waals surface area contributed by atoms with Gasteiger partial charge in [0.15, 0.2) is 5.52 Å². The van der Waals surface area contributed by atoms with Gasteiger partial charge in [-0.15, -0.1) is 0 Å². The van der Waals surface area contributed by atoms with Gasteiger partial charge >= 0.3 is 31.2 Å². The quantitative estimate of drug-likeness (QED) is 0.0958. The van der Waals surface area contributed by atoms with E-state index in [0.29, 0.717) is 37.2 Å². The molecule has 38 heavy (non-hydrogen) atoms. The Hall–Kier alpha value is -1.68. The summed E-state index contributed by atoms with van der Waals surface area (Å²) in [6, 6.07) is 6.22. The molecular formula is C27H34F6LiO3P. The van der Waals surface area contributed by atoms with Crippen molar-refractivity contribution in [2.75, 3.05) is 13.2 Å². The average molecular weight is 558 g/mol. The molecule has 3 nitrogen and oxygen atoms in total. The maximum atomic E-state index is 13.6. The molecule has 0 spiro atoms. The van der Waals surface area contributed by atoms with Crippen LogP contribution in [0.1, 0.15) is 86.7 Å². The van der Waals surface area contributed by atoms with Crippen molar-refractivity contribution in [2.24, 2.45) is 0 Å². The van der Waals surface area contributed by atoms with Crippen molar-refractivity contribution in [3.8, 4) is 11.5 Å². The van der Waals surface area contributed by atoms with Crippen LogP contribution in [-0.2, 0) is 12.4 Å². The second-order valence-electron chi connectivity index (χ2n) is 8.65. The van der Waals surface area contributed by atoms with E-state index in [4.69, 9.17) is 9.47 Å². The number of ether oxygens (including phenoxy) is 2. The third kappa shape index (κ3) is 10.8. The van der Waals surface area contributed by atoms with E-state index in [1.54, 1.807) is 12.1 Å². The number of alkyl halides is 6. The Labute approximate surface area is 234 Å². The summed E-state index contributed by atoms with van der Waals surface area (Å²) < 4.78 is 92.9. The zero-order valence-electron chi connectivity index (χ0n) is 21.0. The summed E-state index contributed by atoms with van der Waals surface area (Å²) in [5.41, 5.74) is -5.84. The zero-order chi connectivity index (χ0) is 27.5. The van der Waals surface area contributed by atoms with Crippen molar-refractivity contribution in [1.82, 2.24) is 0 Å². The number of unbranched alkanes of at least 4 members (excludes halogenated alkanes) is 6. The fraction of sp³-hybridized carbons (Fsp3) is 0.519. The first-order valence-electron chi connectivity index (χ1n) is 12.5. The summed E-state index contributed by atoms with van der Waals surface area (Å²) in [4.78, 5) is 13.0. The normalized spacial score (nSPS) is 12.0.